The van der Waals surface area contributed by atoms with Crippen LogP contribution in [0.25, 0.3) is 0 Å². The predicted molar refractivity (Wildman–Crippen MR) is 48.4 cm³/mol. The predicted octanol–water partition coefficient (Wildman–Crippen LogP) is 2.20. The van der Waals surface area contributed by atoms with Crippen molar-refractivity contribution in [1.82, 2.24) is 0 Å². The maximum Gasteiger partial charge on any atom is 0.129 e. The molecule has 72 valence electrons. The Bertz CT molecular complexity index is 308. The average Bonchev–Trinajstić information content (AvgIpc) is 2.03. The van der Waals surface area contributed by atoms with Gasteiger partial charge in [-0.15, -0.1) is 0 Å². The Balaban J connectivity index is 3.16. The van der Waals surface area contributed by atoms with Crippen LogP contribution in [0, 0.1) is 11.6 Å². The van der Waals surface area contributed by atoms with Crippen LogP contribution in [0.4, 0.5) is 8.78 Å². The van der Waals surface area contributed by atoms with E-state index >= 15 is 0 Å². The van der Waals surface area contributed by atoms with Crippen LogP contribution < -0.4 is 5.73 Å². The van der Waals surface area contributed by atoms with E-state index in [0.29, 0.717) is 12.1 Å². The van der Waals surface area contributed by atoms with Crippen molar-refractivity contribution in [2.45, 2.75) is 19.3 Å². The molecule has 0 aromatic heterocycles. The SMILES string of the molecule is CC(C)(CN)c1ccc(F)cc1F. The van der Waals surface area contributed by atoms with E-state index in [9.17, 15) is 8.78 Å². The average molecular weight is 185 g/mol. The monoisotopic (exact) mass is 185 g/mol. The van der Waals surface area contributed by atoms with Crippen molar-refractivity contribution in [2.24, 2.45) is 5.73 Å². The van der Waals surface area contributed by atoms with Gasteiger partial charge >= 0.3 is 0 Å². The summed E-state index contributed by atoms with van der Waals surface area (Å²) in [5.74, 6) is -1.09. The number of halogens is 2. The summed E-state index contributed by atoms with van der Waals surface area (Å²) in [7, 11) is 0. The molecule has 13 heavy (non-hydrogen) atoms. The van der Waals surface area contributed by atoms with Gasteiger partial charge in [-0.2, -0.15) is 0 Å². The molecule has 1 rings (SSSR count). The zero-order valence-corrected chi connectivity index (χ0v) is 7.77. The van der Waals surface area contributed by atoms with Crippen molar-refractivity contribution in [3.63, 3.8) is 0 Å². The minimum atomic E-state index is -0.561. The molecule has 0 aliphatic rings. The minimum Gasteiger partial charge on any atom is -0.330 e. The topological polar surface area (TPSA) is 26.0 Å². The smallest absolute Gasteiger partial charge is 0.129 e. The lowest BCUT2D eigenvalue weighted by Gasteiger charge is -2.23. The largest absolute Gasteiger partial charge is 0.330 e. The van der Waals surface area contributed by atoms with E-state index in [2.05, 4.69) is 0 Å². The summed E-state index contributed by atoms with van der Waals surface area (Å²) in [5, 5.41) is 0. The zero-order chi connectivity index (χ0) is 10.1. The lowest BCUT2D eigenvalue weighted by Crippen LogP contribution is -2.29. The molecule has 0 atom stereocenters. The molecule has 0 spiro atoms. The lowest BCUT2D eigenvalue weighted by atomic mass is 9.84. The molecular weight excluding hydrogens is 172 g/mol. The highest BCUT2D eigenvalue weighted by Crippen LogP contribution is 2.24. The Morgan fingerprint density at radius 3 is 2.38 bits per heavy atom. The Morgan fingerprint density at radius 1 is 1.31 bits per heavy atom. The van der Waals surface area contributed by atoms with E-state index in [4.69, 9.17) is 5.73 Å². The molecule has 0 unspecified atom stereocenters. The van der Waals surface area contributed by atoms with Crippen molar-refractivity contribution < 1.29 is 8.78 Å². The van der Waals surface area contributed by atoms with Crippen LogP contribution in [0.3, 0.4) is 0 Å². The molecule has 2 N–H and O–H groups in total. The summed E-state index contributed by atoms with van der Waals surface area (Å²) >= 11 is 0. The van der Waals surface area contributed by atoms with Crippen LogP contribution in [0.1, 0.15) is 19.4 Å². The third kappa shape index (κ3) is 2.04. The van der Waals surface area contributed by atoms with Gasteiger partial charge in [-0.05, 0) is 11.6 Å². The number of nitrogens with two attached hydrogens (primary N) is 1. The Hall–Kier alpha value is -0.960. The zero-order valence-electron chi connectivity index (χ0n) is 7.77. The van der Waals surface area contributed by atoms with Gasteiger partial charge in [-0.3, -0.25) is 0 Å². The fourth-order valence-electron chi connectivity index (χ4n) is 1.15. The van der Waals surface area contributed by atoms with Gasteiger partial charge in [0.15, 0.2) is 0 Å². The first kappa shape index (κ1) is 10.1. The van der Waals surface area contributed by atoms with Gasteiger partial charge in [0.05, 0.1) is 0 Å². The normalized spacial score (nSPS) is 11.8. The van der Waals surface area contributed by atoms with Crippen molar-refractivity contribution in [3.8, 4) is 0 Å². The molecule has 3 heteroatoms. The highest BCUT2D eigenvalue weighted by Gasteiger charge is 2.22. The summed E-state index contributed by atoms with van der Waals surface area (Å²) in [6.45, 7) is 3.97. The summed E-state index contributed by atoms with van der Waals surface area (Å²) < 4.78 is 25.8. The molecule has 0 aliphatic heterocycles. The van der Waals surface area contributed by atoms with Crippen LogP contribution in [-0.2, 0) is 5.41 Å². The van der Waals surface area contributed by atoms with Gasteiger partial charge in [0.25, 0.3) is 0 Å². The van der Waals surface area contributed by atoms with E-state index < -0.39 is 17.0 Å². The second-order valence-corrected chi connectivity index (χ2v) is 3.71. The van der Waals surface area contributed by atoms with E-state index in [-0.39, 0.29) is 0 Å². The Labute approximate surface area is 76.6 Å². The van der Waals surface area contributed by atoms with Crippen molar-refractivity contribution in [3.05, 3.63) is 35.4 Å². The molecule has 0 bridgehead atoms. The van der Waals surface area contributed by atoms with Crippen LogP contribution in [0.2, 0.25) is 0 Å². The molecule has 0 aliphatic carbocycles. The molecule has 0 amide bonds. The molecule has 1 aromatic rings. The van der Waals surface area contributed by atoms with Gasteiger partial charge in [-0.25, -0.2) is 8.78 Å². The molecule has 0 saturated heterocycles. The molecular formula is C10H13F2N. The third-order valence-electron chi connectivity index (χ3n) is 2.17. The lowest BCUT2D eigenvalue weighted by molar-refractivity contribution is 0.486. The third-order valence-corrected chi connectivity index (χ3v) is 2.17. The maximum absolute atomic E-state index is 13.2. The van der Waals surface area contributed by atoms with Gasteiger partial charge in [0, 0.05) is 18.0 Å². The van der Waals surface area contributed by atoms with Gasteiger partial charge in [0.2, 0.25) is 0 Å². The van der Waals surface area contributed by atoms with Gasteiger partial charge in [0.1, 0.15) is 11.6 Å². The Kier molecular flexibility index (Phi) is 2.66. The highest BCUT2D eigenvalue weighted by atomic mass is 19.1. The Morgan fingerprint density at radius 2 is 1.92 bits per heavy atom. The van der Waals surface area contributed by atoms with Crippen molar-refractivity contribution >= 4 is 0 Å². The quantitative estimate of drug-likeness (QED) is 0.751. The van der Waals surface area contributed by atoms with E-state index in [1.807, 2.05) is 13.8 Å². The maximum atomic E-state index is 13.2. The molecule has 0 heterocycles. The fraction of sp³-hybridized carbons (Fsp3) is 0.400. The van der Waals surface area contributed by atoms with Crippen LogP contribution >= 0.6 is 0 Å². The molecule has 0 saturated carbocycles. The highest BCUT2D eigenvalue weighted by molar-refractivity contribution is 5.26. The van der Waals surface area contributed by atoms with Crippen LogP contribution in [-0.4, -0.2) is 6.54 Å². The minimum absolute atomic E-state index is 0.329. The van der Waals surface area contributed by atoms with Gasteiger partial charge < -0.3 is 5.73 Å². The molecule has 0 fully saturated rings. The van der Waals surface area contributed by atoms with Gasteiger partial charge in [-0.1, -0.05) is 19.9 Å². The number of hydrogen-bond acceptors (Lipinski definition) is 1. The van der Waals surface area contributed by atoms with Crippen LogP contribution in [0.5, 0.6) is 0 Å². The summed E-state index contributed by atoms with van der Waals surface area (Å²) in [6, 6.07) is 3.57. The van der Waals surface area contributed by atoms with Crippen molar-refractivity contribution in [2.75, 3.05) is 6.54 Å². The number of hydrogen-bond donors (Lipinski definition) is 1. The molecule has 0 radical (unpaired) electrons. The number of rotatable bonds is 2. The van der Waals surface area contributed by atoms with Crippen molar-refractivity contribution in [1.29, 1.82) is 0 Å². The first-order valence-electron chi connectivity index (χ1n) is 4.13. The standard InChI is InChI=1S/C10H13F2N/c1-10(2,6-13)8-4-3-7(11)5-9(8)12/h3-5H,6,13H2,1-2H3. The number of benzene rings is 1. The fourth-order valence-corrected chi connectivity index (χ4v) is 1.15. The first-order chi connectivity index (χ1) is 5.97. The second-order valence-electron chi connectivity index (χ2n) is 3.71. The summed E-state index contributed by atoms with van der Waals surface area (Å²) in [4.78, 5) is 0. The first-order valence-corrected chi connectivity index (χ1v) is 4.13. The summed E-state index contributed by atoms with van der Waals surface area (Å²) in [6.07, 6.45) is 0. The molecule has 1 nitrogen and oxygen atoms in total. The van der Waals surface area contributed by atoms with Crippen LogP contribution in [0.15, 0.2) is 18.2 Å². The molecule has 1 aromatic carbocycles. The van der Waals surface area contributed by atoms with E-state index in [1.165, 1.54) is 12.1 Å². The van der Waals surface area contributed by atoms with E-state index in [1.54, 1.807) is 0 Å². The summed E-state index contributed by atoms with van der Waals surface area (Å²) in [5.41, 5.74) is 5.49. The second kappa shape index (κ2) is 3.42. The van der Waals surface area contributed by atoms with E-state index in [0.717, 1.165) is 6.07 Å².